The van der Waals surface area contributed by atoms with Crippen LogP contribution in [0.4, 0.5) is 0 Å². The van der Waals surface area contributed by atoms with Crippen molar-refractivity contribution in [3.63, 3.8) is 0 Å². The molecule has 0 spiro atoms. The first-order chi connectivity index (χ1) is 11.2. The number of oxazole rings is 1. The largest absolute Gasteiger partial charge is 0.440 e. The number of hydrogen-bond donors (Lipinski definition) is 0. The van der Waals surface area contributed by atoms with Gasteiger partial charge in [0.2, 0.25) is 5.91 Å². The van der Waals surface area contributed by atoms with E-state index in [1.807, 2.05) is 43.0 Å². The maximum atomic E-state index is 12.3. The first-order valence-corrected chi connectivity index (χ1v) is 8.56. The van der Waals surface area contributed by atoms with Gasteiger partial charge in [0.1, 0.15) is 5.52 Å². The first kappa shape index (κ1) is 16.0. The van der Waals surface area contributed by atoms with Crippen LogP contribution in [0, 0.1) is 0 Å². The molecule has 2 heterocycles. The van der Waals surface area contributed by atoms with E-state index in [2.05, 4.69) is 9.88 Å². The van der Waals surface area contributed by atoms with Gasteiger partial charge in [0.05, 0.1) is 6.54 Å². The number of fused-ring (bicyclic) bond motifs is 1. The standard InChI is InChI=1S/C18H25N3O2/c1-3-21(4-2)17(22)13-20-11-7-8-14(12-20)18-19-15-9-5-6-10-16(15)23-18/h5-6,9-10,14H,3-4,7-8,11-13H2,1-2H3. The molecule has 0 N–H and O–H groups in total. The summed E-state index contributed by atoms with van der Waals surface area (Å²) < 4.78 is 5.92. The fourth-order valence-electron chi connectivity index (χ4n) is 3.33. The van der Waals surface area contributed by atoms with E-state index in [4.69, 9.17) is 4.42 Å². The molecule has 0 saturated carbocycles. The first-order valence-electron chi connectivity index (χ1n) is 8.56. The van der Waals surface area contributed by atoms with Crippen LogP contribution >= 0.6 is 0 Å². The van der Waals surface area contributed by atoms with Crippen molar-refractivity contribution in [2.75, 3.05) is 32.7 Å². The Labute approximate surface area is 137 Å². The zero-order valence-corrected chi connectivity index (χ0v) is 14.0. The van der Waals surface area contributed by atoms with Gasteiger partial charge in [-0.25, -0.2) is 4.98 Å². The number of rotatable bonds is 5. The Kier molecular flexibility index (Phi) is 4.96. The van der Waals surface area contributed by atoms with Crippen LogP contribution in [0.2, 0.25) is 0 Å². The predicted molar refractivity (Wildman–Crippen MR) is 90.4 cm³/mol. The van der Waals surface area contributed by atoms with E-state index in [9.17, 15) is 4.79 Å². The third-order valence-electron chi connectivity index (χ3n) is 4.64. The van der Waals surface area contributed by atoms with Crippen molar-refractivity contribution in [3.8, 4) is 0 Å². The third-order valence-corrected chi connectivity index (χ3v) is 4.64. The fraction of sp³-hybridized carbons (Fsp3) is 0.556. The quantitative estimate of drug-likeness (QED) is 0.851. The predicted octanol–water partition coefficient (Wildman–Crippen LogP) is 2.88. The topological polar surface area (TPSA) is 49.6 Å². The number of carbonyl (C=O) groups is 1. The summed E-state index contributed by atoms with van der Waals surface area (Å²) in [5.41, 5.74) is 1.76. The number of benzene rings is 1. The molecule has 1 aliphatic heterocycles. The second-order valence-corrected chi connectivity index (χ2v) is 6.16. The summed E-state index contributed by atoms with van der Waals surface area (Å²) in [5.74, 6) is 1.31. The maximum Gasteiger partial charge on any atom is 0.236 e. The maximum absolute atomic E-state index is 12.3. The van der Waals surface area contributed by atoms with Crippen LogP contribution in [-0.4, -0.2) is 53.4 Å². The number of piperidine rings is 1. The molecule has 0 bridgehead atoms. The smallest absolute Gasteiger partial charge is 0.236 e. The van der Waals surface area contributed by atoms with Gasteiger partial charge in [0.25, 0.3) is 0 Å². The summed E-state index contributed by atoms with van der Waals surface area (Å²) in [6.45, 7) is 7.93. The van der Waals surface area contributed by atoms with E-state index in [0.29, 0.717) is 6.54 Å². The van der Waals surface area contributed by atoms with E-state index < -0.39 is 0 Å². The molecule has 1 amide bonds. The molecular formula is C18H25N3O2. The van der Waals surface area contributed by atoms with Gasteiger partial charge < -0.3 is 9.32 Å². The van der Waals surface area contributed by atoms with Crippen molar-refractivity contribution in [2.24, 2.45) is 0 Å². The molecule has 2 aromatic rings. The van der Waals surface area contributed by atoms with Crippen LogP contribution in [0.5, 0.6) is 0 Å². The number of likely N-dealkylation sites (tertiary alicyclic amines) is 1. The highest BCUT2D eigenvalue weighted by atomic mass is 16.3. The van der Waals surface area contributed by atoms with Gasteiger partial charge in [-0.05, 0) is 45.4 Å². The van der Waals surface area contributed by atoms with Crippen molar-refractivity contribution in [2.45, 2.75) is 32.6 Å². The Morgan fingerprint density at radius 1 is 1.35 bits per heavy atom. The lowest BCUT2D eigenvalue weighted by Gasteiger charge is -2.32. The average Bonchev–Trinajstić information content (AvgIpc) is 3.00. The van der Waals surface area contributed by atoms with Gasteiger partial charge in [-0.15, -0.1) is 0 Å². The molecular weight excluding hydrogens is 290 g/mol. The van der Waals surface area contributed by atoms with E-state index in [1.165, 1.54) is 0 Å². The van der Waals surface area contributed by atoms with E-state index in [1.54, 1.807) is 0 Å². The highest BCUT2D eigenvalue weighted by Gasteiger charge is 2.27. The molecule has 124 valence electrons. The third kappa shape index (κ3) is 3.55. The molecule has 1 unspecified atom stereocenters. The monoisotopic (exact) mass is 315 g/mol. The molecule has 1 aromatic carbocycles. The minimum absolute atomic E-state index is 0.216. The van der Waals surface area contributed by atoms with Crippen LogP contribution < -0.4 is 0 Å². The molecule has 0 aliphatic carbocycles. The summed E-state index contributed by atoms with van der Waals surface area (Å²) in [4.78, 5) is 21.1. The Hall–Kier alpha value is -1.88. The fourth-order valence-corrected chi connectivity index (χ4v) is 3.33. The molecule has 1 saturated heterocycles. The Balaban J connectivity index is 1.67. The van der Waals surface area contributed by atoms with Crippen molar-refractivity contribution >= 4 is 17.0 Å². The van der Waals surface area contributed by atoms with Gasteiger partial charge in [-0.1, -0.05) is 12.1 Å². The number of nitrogens with zero attached hydrogens (tertiary/aromatic N) is 3. The Morgan fingerprint density at radius 3 is 2.87 bits per heavy atom. The summed E-state index contributed by atoms with van der Waals surface area (Å²) in [6.07, 6.45) is 2.15. The van der Waals surface area contributed by atoms with Gasteiger partial charge in [-0.2, -0.15) is 0 Å². The lowest BCUT2D eigenvalue weighted by molar-refractivity contribution is -0.132. The number of hydrogen-bond acceptors (Lipinski definition) is 4. The van der Waals surface area contributed by atoms with E-state index in [-0.39, 0.29) is 11.8 Å². The minimum atomic E-state index is 0.216. The zero-order chi connectivity index (χ0) is 16.2. The molecule has 23 heavy (non-hydrogen) atoms. The summed E-state index contributed by atoms with van der Waals surface area (Å²) in [5, 5.41) is 0. The van der Waals surface area contributed by atoms with Gasteiger partial charge in [-0.3, -0.25) is 9.69 Å². The summed E-state index contributed by atoms with van der Waals surface area (Å²) in [6, 6.07) is 7.88. The average molecular weight is 315 g/mol. The summed E-state index contributed by atoms with van der Waals surface area (Å²) >= 11 is 0. The highest BCUT2D eigenvalue weighted by molar-refractivity contribution is 5.78. The molecule has 5 heteroatoms. The number of para-hydroxylation sites is 2. The number of amides is 1. The molecule has 1 atom stereocenters. The van der Waals surface area contributed by atoms with Crippen LogP contribution in [0.25, 0.3) is 11.1 Å². The van der Waals surface area contributed by atoms with Crippen LogP contribution in [0.3, 0.4) is 0 Å². The zero-order valence-electron chi connectivity index (χ0n) is 14.0. The number of carbonyl (C=O) groups excluding carboxylic acids is 1. The van der Waals surface area contributed by atoms with Crippen molar-refractivity contribution in [1.29, 1.82) is 0 Å². The highest BCUT2D eigenvalue weighted by Crippen LogP contribution is 2.28. The van der Waals surface area contributed by atoms with Crippen molar-refractivity contribution < 1.29 is 9.21 Å². The number of likely N-dealkylation sites (N-methyl/N-ethyl adjacent to an activating group) is 1. The molecule has 3 rings (SSSR count). The van der Waals surface area contributed by atoms with Crippen LogP contribution in [-0.2, 0) is 4.79 Å². The van der Waals surface area contributed by atoms with Crippen LogP contribution in [0.1, 0.15) is 38.5 Å². The molecule has 1 fully saturated rings. The number of aromatic nitrogens is 1. The molecule has 1 aromatic heterocycles. The summed E-state index contributed by atoms with van der Waals surface area (Å²) in [7, 11) is 0. The van der Waals surface area contributed by atoms with Gasteiger partial charge in [0, 0.05) is 25.6 Å². The second-order valence-electron chi connectivity index (χ2n) is 6.16. The van der Waals surface area contributed by atoms with E-state index in [0.717, 1.165) is 56.0 Å². The SMILES string of the molecule is CCN(CC)C(=O)CN1CCCC(c2nc3ccccc3o2)C1. The Morgan fingerprint density at radius 2 is 2.13 bits per heavy atom. The lowest BCUT2D eigenvalue weighted by Crippen LogP contribution is -2.43. The van der Waals surface area contributed by atoms with E-state index >= 15 is 0 Å². The molecule has 0 radical (unpaired) electrons. The van der Waals surface area contributed by atoms with Crippen molar-refractivity contribution in [3.05, 3.63) is 30.2 Å². The van der Waals surface area contributed by atoms with Crippen molar-refractivity contribution in [1.82, 2.24) is 14.8 Å². The Bertz CT molecular complexity index is 630. The van der Waals surface area contributed by atoms with Gasteiger partial charge >= 0.3 is 0 Å². The normalized spacial score (nSPS) is 19.1. The van der Waals surface area contributed by atoms with Crippen LogP contribution in [0.15, 0.2) is 28.7 Å². The minimum Gasteiger partial charge on any atom is -0.440 e. The molecule has 5 nitrogen and oxygen atoms in total. The lowest BCUT2D eigenvalue weighted by atomic mass is 9.98. The van der Waals surface area contributed by atoms with Gasteiger partial charge in [0.15, 0.2) is 11.5 Å². The molecule has 1 aliphatic rings. The second kappa shape index (κ2) is 7.13.